The Labute approximate surface area is 120 Å². The van der Waals surface area contributed by atoms with Gasteiger partial charge < -0.3 is 4.74 Å². The van der Waals surface area contributed by atoms with E-state index in [4.69, 9.17) is 15.4 Å². The van der Waals surface area contributed by atoms with E-state index >= 15 is 0 Å². The molecule has 0 saturated carbocycles. The Hall–Kier alpha value is -0.740. The van der Waals surface area contributed by atoms with Gasteiger partial charge in [0.1, 0.15) is 5.75 Å². The van der Waals surface area contributed by atoms with Gasteiger partial charge in [0.05, 0.1) is 12.4 Å². The average Bonchev–Trinajstić information content (AvgIpc) is 2.29. The van der Waals surface area contributed by atoms with Gasteiger partial charge in [0.2, 0.25) is 9.05 Å². The van der Waals surface area contributed by atoms with Crippen molar-refractivity contribution in [3.63, 3.8) is 0 Å². The molecule has 0 N–H and O–H groups in total. The van der Waals surface area contributed by atoms with Crippen molar-refractivity contribution >= 4 is 19.7 Å². The fraction of sp³-hybridized carbons (Fsp3) is 0.571. The highest BCUT2D eigenvalue weighted by Crippen LogP contribution is 2.22. The van der Waals surface area contributed by atoms with Gasteiger partial charge in [-0.3, -0.25) is 0 Å². The van der Waals surface area contributed by atoms with Crippen LogP contribution in [0.1, 0.15) is 36.8 Å². The molecule has 0 bridgehead atoms. The number of rotatable bonds is 8. The van der Waals surface area contributed by atoms with Gasteiger partial charge in [0, 0.05) is 10.7 Å². The molecular formula is C14H21ClO3S. The zero-order valence-electron chi connectivity index (χ0n) is 11.5. The molecule has 19 heavy (non-hydrogen) atoms. The zero-order valence-corrected chi connectivity index (χ0v) is 13.1. The molecule has 3 nitrogen and oxygen atoms in total. The summed E-state index contributed by atoms with van der Waals surface area (Å²) in [6, 6.07) is 6.09. The first-order chi connectivity index (χ1) is 8.90. The molecule has 1 aromatic carbocycles. The highest BCUT2D eigenvalue weighted by molar-refractivity contribution is 8.13. The lowest BCUT2D eigenvalue weighted by Gasteiger charge is -2.11. The number of benzene rings is 1. The average molecular weight is 305 g/mol. The van der Waals surface area contributed by atoms with E-state index in [1.807, 2.05) is 32.0 Å². The van der Waals surface area contributed by atoms with E-state index in [9.17, 15) is 8.42 Å². The Morgan fingerprint density at radius 3 is 2.21 bits per heavy atom. The Morgan fingerprint density at radius 1 is 1.05 bits per heavy atom. The maximum atomic E-state index is 10.7. The molecule has 0 spiro atoms. The fourth-order valence-electron chi connectivity index (χ4n) is 1.93. The Balaban J connectivity index is 2.18. The number of unbranched alkanes of at least 4 members (excludes halogenated alkanes) is 3. The van der Waals surface area contributed by atoms with E-state index in [0.717, 1.165) is 36.1 Å². The predicted octanol–water partition coefficient (Wildman–Crippen LogP) is 3.81. The first-order valence-electron chi connectivity index (χ1n) is 6.51. The molecule has 0 aromatic heterocycles. The smallest absolute Gasteiger partial charge is 0.232 e. The Morgan fingerprint density at radius 2 is 1.63 bits per heavy atom. The van der Waals surface area contributed by atoms with Gasteiger partial charge in [-0.05, 0) is 37.8 Å². The van der Waals surface area contributed by atoms with E-state index < -0.39 is 9.05 Å². The van der Waals surface area contributed by atoms with Crippen LogP contribution in [0.2, 0.25) is 0 Å². The Bertz CT molecular complexity index is 477. The van der Waals surface area contributed by atoms with E-state index in [1.165, 1.54) is 0 Å². The summed E-state index contributed by atoms with van der Waals surface area (Å²) in [7, 11) is 1.81. The summed E-state index contributed by atoms with van der Waals surface area (Å²) in [6.45, 7) is 4.74. The minimum atomic E-state index is -3.33. The normalized spacial score (nSPS) is 11.5. The molecule has 1 rings (SSSR count). The van der Waals surface area contributed by atoms with Crippen molar-refractivity contribution < 1.29 is 13.2 Å². The molecule has 0 aliphatic heterocycles. The molecule has 0 aliphatic rings. The summed E-state index contributed by atoms with van der Waals surface area (Å²) >= 11 is 0. The number of aryl methyl sites for hydroxylation is 2. The molecular weight excluding hydrogens is 284 g/mol. The fourth-order valence-corrected chi connectivity index (χ4v) is 2.81. The summed E-state index contributed by atoms with van der Waals surface area (Å²) in [5.41, 5.74) is 2.29. The van der Waals surface area contributed by atoms with Crippen LogP contribution in [0.25, 0.3) is 0 Å². The minimum absolute atomic E-state index is 0.0618. The lowest BCUT2D eigenvalue weighted by Crippen LogP contribution is -2.01. The summed E-state index contributed by atoms with van der Waals surface area (Å²) in [4.78, 5) is 0. The molecule has 0 saturated heterocycles. The van der Waals surface area contributed by atoms with Crippen LogP contribution < -0.4 is 4.74 Å². The lowest BCUT2D eigenvalue weighted by molar-refractivity contribution is 0.301. The molecule has 0 fully saturated rings. The number of halogens is 1. The second kappa shape index (κ2) is 7.75. The molecule has 0 amide bonds. The van der Waals surface area contributed by atoms with Crippen molar-refractivity contribution in [1.82, 2.24) is 0 Å². The van der Waals surface area contributed by atoms with Gasteiger partial charge >= 0.3 is 0 Å². The van der Waals surface area contributed by atoms with Crippen molar-refractivity contribution in [2.75, 3.05) is 12.4 Å². The SMILES string of the molecule is Cc1cccc(C)c1OCCCCCCS(=O)(=O)Cl. The first-order valence-corrected chi connectivity index (χ1v) is 8.99. The largest absolute Gasteiger partial charge is 0.493 e. The highest BCUT2D eigenvalue weighted by atomic mass is 35.7. The van der Waals surface area contributed by atoms with Crippen LogP contribution in [-0.2, 0) is 9.05 Å². The molecule has 1 aromatic rings. The van der Waals surface area contributed by atoms with Crippen LogP contribution in [0.4, 0.5) is 0 Å². The third kappa shape index (κ3) is 6.83. The number of hydrogen-bond donors (Lipinski definition) is 0. The van der Waals surface area contributed by atoms with Crippen LogP contribution in [-0.4, -0.2) is 20.8 Å². The quantitative estimate of drug-likeness (QED) is 0.542. The third-order valence-corrected chi connectivity index (χ3v) is 4.18. The molecule has 0 aliphatic carbocycles. The van der Waals surface area contributed by atoms with E-state index in [-0.39, 0.29) is 5.75 Å². The number of para-hydroxylation sites is 1. The predicted molar refractivity (Wildman–Crippen MR) is 79.5 cm³/mol. The van der Waals surface area contributed by atoms with E-state index in [1.54, 1.807) is 0 Å². The van der Waals surface area contributed by atoms with Gasteiger partial charge in [0.15, 0.2) is 0 Å². The van der Waals surface area contributed by atoms with E-state index in [0.29, 0.717) is 13.0 Å². The van der Waals surface area contributed by atoms with Crippen molar-refractivity contribution in [2.24, 2.45) is 0 Å². The molecule has 0 radical (unpaired) electrons. The standard InChI is InChI=1S/C14H21ClO3S/c1-12-8-7-9-13(2)14(12)18-10-5-3-4-6-11-19(15,16)17/h7-9H,3-6,10-11H2,1-2H3. The van der Waals surface area contributed by atoms with Crippen LogP contribution in [0.3, 0.4) is 0 Å². The van der Waals surface area contributed by atoms with Gasteiger partial charge in [-0.2, -0.15) is 0 Å². The monoisotopic (exact) mass is 304 g/mol. The van der Waals surface area contributed by atoms with Crippen molar-refractivity contribution in [3.05, 3.63) is 29.3 Å². The van der Waals surface area contributed by atoms with Gasteiger partial charge in [0.25, 0.3) is 0 Å². The number of hydrogen-bond acceptors (Lipinski definition) is 3. The topological polar surface area (TPSA) is 43.4 Å². The van der Waals surface area contributed by atoms with Crippen LogP contribution >= 0.6 is 10.7 Å². The second-order valence-electron chi connectivity index (χ2n) is 4.73. The molecule has 0 atom stereocenters. The van der Waals surface area contributed by atoms with Crippen molar-refractivity contribution in [1.29, 1.82) is 0 Å². The van der Waals surface area contributed by atoms with Crippen LogP contribution in [0.15, 0.2) is 18.2 Å². The van der Waals surface area contributed by atoms with Crippen molar-refractivity contribution in [3.8, 4) is 5.75 Å². The van der Waals surface area contributed by atoms with Crippen LogP contribution in [0.5, 0.6) is 5.75 Å². The van der Waals surface area contributed by atoms with Gasteiger partial charge in [-0.1, -0.05) is 31.0 Å². The number of ether oxygens (including phenoxy) is 1. The van der Waals surface area contributed by atoms with Crippen LogP contribution in [0, 0.1) is 13.8 Å². The molecule has 108 valence electrons. The molecule has 0 unspecified atom stereocenters. The van der Waals surface area contributed by atoms with Gasteiger partial charge in [-0.25, -0.2) is 8.42 Å². The summed E-state index contributed by atoms with van der Waals surface area (Å²) in [6.07, 6.45) is 3.37. The first kappa shape index (κ1) is 16.3. The highest BCUT2D eigenvalue weighted by Gasteiger charge is 2.05. The zero-order chi connectivity index (χ0) is 14.3. The van der Waals surface area contributed by atoms with Gasteiger partial charge in [-0.15, -0.1) is 0 Å². The second-order valence-corrected chi connectivity index (χ2v) is 7.62. The molecule has 0 heterocycles. The summed E-state index contributed by atoms with van der Waals surface area (Å²) in [5, 5.41) is 0. The maximum absolute atomic E-state index is 10.7. The lowest BCUT2D eigenvalue weighted by atomic mass is 10.1. The minimum Gasteiger partial charge on any atom is -0.493 e. The summed E-state index contributed by atoms with van der Waals surface area (Å²) in [5.74, 6) is 1.03. The Kier molecular flexibility index (Phi) is 6.66. The third-order valence-electron chi connectivity index (χ3n) is 2.94. The maximum Gasteiger partial charge on any atom is 0.232 e. The molecule has 5 heteroatoms. The van der Waals surface area contributed by atoms with E-state index in [2.05, 4.69) is 0 Å². The summed E-state index contributed by atoms with van der Waals surface area (Å²) < 4.78 is 27.2. The van der Waals surface area contributed by atoms with Crippen molar-refractivity contribution in [2.45, 2.75) is 39.5 Å².